The number of hydrogen-bond acceptors (Lipinski definition) is 4. The second-order valence-corrected chi connectivity index (χ2v) is 4.52. The van der Waals surface area contributed by atoms with E-state index in [0.29, 0.717) is 6.04 Å². The topological polar surface area (TPSA) is 39.1 Å². The molecule has 92 valence electrons. The zero-order valence-electron chi connectivity index (χ0n) is 10.5. The van der Waals surface area contributed by atoms with Crippen LogP contribution < -0.4 is 10.1 Å². The fourth-order valence-electron chi connectivity index (χ4n) is 1.79. The first kappa shape index (κ1) is 13.4. The van der Waals surface area contributed by atoms with E-state index in [1.807, 2.05) is 23.5 Å². The summed E-state index contributed by atoms with van der Waals surface area (Å²) in [5, 5.41) is 7.66. The maximum atomic E-state index is 5.36. The average molecular weight is 243 g/mol. The number of rotatable bonds is 7. The van der Waals surface area contributed by atoms with E-state index in [-0.39, 0.29) is 0 Å². The van der Waals surface area contributed by atoms with Gasteiger partial charge in [0.2, 0.25) is 0 Å². The van der Waals surface area contributed by atoms with E-state index in [0.717, 1.165) is 30.2 Å². The van der Waals surface area contributed by atoms with Crippen molar-refractivity contribution in [3.8, 4) is 5.75 Å². The molecule has 0 saturated heterocycles. The lowest BCUT2D eigenvalue weighted by molar-refractivity contribution is 0.394. The minimum Gasteiger partial charge on any atom is -0.493 e. The summed E-state index contributed by atoms with van der Waals surface area (Å²) in [6, 6.07) is 0.310. The van der Waals surface area contributed by atoms with Crippen LogP contribution in [-0.2, 0) is 6.54 Å². The Labute approximate surface area is 102 Å². The second kappa shape index (κ2) is 6.81. The van der Waals surface area contributed by atoms with Crippen LogP contribution in [0.5, 0.6) is 5.75 Å². The summed E-state index contributed by atoms with van der Waals surface area (Å²) in [4.78, 5) is 0. The first-order valence-electron chi connectivity index (χ1n) is 5.54. The molecule has 4 nitrogen and oxygen atoms in total. The van der Waals surface area contributed by atoms with E-state index >= 15 is 0 Å². The summed E-state index contributed by atoms with van der Waals surface area (Å²) in [6.07, 6.45) is 5.00. The molecule has 0 aliphatic carbocycles. The number of aryl methyl sites for hydroxylation is 1. The molecule has 0 fully saturated rings. The minimum absolute atomic E-state index is 0.310. The number of ether oxygens (including phenoxy) is 1. The smallest absolute Gasteiger partial charge is 0.161 e. The summed E-state index contributed by atoms with van der Waals surface area (Å²) in [6.45, 7) is 2.97. The van der Waals surface area contributed by atoms with Crippen LogP contribution in [0, 0.1) is 0 Å². The van der Waals surface area contributed by atoms with Crippen molar-refractivity contribution in [1.29, 1.82) is 0 Å². The summed E-state index contributed by atoms with van der Waals surface area (Å²) < 4.78 is 7.36. The predicted octanol–water partition coefficient (Wildman–Crippen LogP) is 1.93. The van der Waals surface area contributed by atoms with Crippen LogP contribution in [0.25, 0.3) is 0 Å². The van der Waals surface area contributed by atoms with E-state index in [2.05, 4.69) is 23.6 Å². The highest BCUT2D eigenvalue weighted by atomic mass is 32.2. The molecule has 16 heavy (non-hydrogen) atoms. The molecule has 1 atom stereocenters. The Morgan fingerprint density at radius 1 is 1.62 bits per heavy atom. The van der Waals surface area contributed by atoms with Gasteiger partial charge in [-0.1, -0.05) is 0 Å². The zero-order valence-corrected chi connectivity index (χ0v) is 11.3. The maximum absolute atomic E-state index is 5.36. The van der Waals surface area contributed by atoms with Crippen molar-refractivity contribution < 1.29 is 4.74 Å². The van der Waals surface area contributed by atoms with E-state index in [9.17, 15) is 0 Å². The molecule has 0 aliphatic rings. The van der Waals surface area contributed by atoms with Crippen LogP contribution in [0.4, 0.5) is 0 Å². The van der Waals surface area contributed by atoms with Gasteiger partial charge in [0.15, 0.2) is 5.75 Å². The second-order valence-electron chi connectivity index (χ2n) is 3.54. The van der Waals surface area contributed by atoms with Crippen molar-refractivity contribution in [1.82, 2.24) is 15.1 Å². The Hall–Kier alpha value is -0.680. The van der Waals surface area contributed by atoms with Crippen LogP contribution in [0.15, 0.2) is 6.20 Å². The van der Waals surface area contributed by atoms with Crippen molar-refractivity contribution in [2.75, 3.05) is 26.2 Å². The van der Waals surface area contributed by atoms with Gasteiger partial charge >= 0.3 is 0 Å². The molecule has 0 radical (unpaired) electrons. The fourth-order valence-corrected chi connectivity index (χ4v) is 2.26. The highest BCUT2D eigenvalue weighted by molar-refractivity contribution is 7.98. The van der Waals surface area contributed by atoms with Crippen molar-refractivity contribution in [3.05, 3.63) is 11.9 Å². The van der Waals surface area contributed by atoms with Gasteiger partial charge in [0, 0.05) is 6.54 Å². The Balaban J connectivity index is 2.91. The Morgan fingerprint density at radius 3 is 2.88 bits per heavy atom. The van der Waals surface area contributed by atoms with Crippen LogP contribution in [0.3, 0.4) is 0 Å². The molecule has 0 bridgehead atoms. The maximum Gasteiger partial charge on any atom is 0.161 e. The van der Waals surface area contributed by atoms with E-state index in [4.69, 9.17) is 4.74 Å². The van der Waals surface area contributed by atoms with Crippen LogP contribution in [-0.4, -0.2) is 35.9 Å². The van der Waals surface area contributed by atoms with Crippen LogP contribution >= 0.6 is 11.8 Å². The van der Waals surface area contributed by atoms with Gasteiger partial charge in [-0.2, -0.15) is 16.9 Å². The van der Waals surface area contributed by atoms with Crippen molar-refractivity contribution in [3.63, 3.8) is 0 Å². The lowest BCUT2D eigenvalue weighted by Gasteiger charge is -2.18. The van der Waals surface area contributed by atoms with Gasteiger partial charge < -0.3 is 10.1 Å². The third-order valence-electron chi connectivity index (χ3n) is 2.65. The van der Waals surface area contributed by atoms with Crippen molar-refractivity contribution in [2.24, 2.45) is 0 Å². The van der Waals surface area contributed by atoms with E-state index in [1.165, 1.54) is 0 Å². The van der Waals surface area contributed by atoms with Crippen LogP contribution in [0.1, 0.15) is 25.1 Å². The molecular weight excluding hydrogens is 222 g/mol. The third kappa shape index (κ3) is 2.92. The van der Waals surface area contributed by atoms with Gasteiger partial charge in [-0.3, -0.25) is 4.68 Å². The number of thioether (sulfide) groups is 1. The van der Waals surface area contributed by atoms with Gasteiger partial charge in [0.1, 0.15) is 0 Å². The highest BCUT2D eigenvalue weighted by Crippen LogP contribution is 2.27. The first-order valence-corrected chi connectivity index (χ1v) is 6.93. The van der Waals surface area contributed by atoms with Gasteiger partial charge in [0.05, 0.1) is 25.0 Å². The number of nitrogens with zero attached hydrogens (tertiary/aromatic N) is 2. The minimum atomic E-state index is 0.310. The normalized spacial score (nSPS) is 12.8. The highest BCUT2D eigenvalue weighted by Gasteiger charge is 2.19. The molecule has 5 heteroatoms. The van der Waals surface area contributed by atoms with Crippen molar-refractivity contribution >= 4 is 11.8 Å². The van der Waals surface area contributed by atoms with Gasteiger partial charge in [0.25, 0.3) is 0 Å². The lowest BCUT2D eigenvalue weighted by atomic mass is 10.1. The molecule has 0 aliphatic heterocycles. The lowest BCUT2D eigenvalue weighted by Crippen LogP contribution is -2.21. The number of nitrogens with one attached hydrogen (secondary N) is 1. The first-order chi connectivity index (χ1) is 7.78. The SMILES string of the molecule is CCn1ncc(OC)c1C(CCSC)NC. The van der Waals surface area contributed by atoms with Crippen molar-refractivity contribution in [2.45, 2.75) is 25.9 Å². The molecule has 0 aromatic carbocycles. The molecule has 1 N–H and O–H groups in total. The average Bonchev–Trinajstić information content (AvgIpc) is 2.73. The molecule has 0 amide bonds. The van der Waals surface area contributed by atoms with E-state index in [1.54, 1.807) is 13.3 Å². The molecule has 1 aromatic heterocycles. The van der Waals surface area contributed by atoms with Gasteiger partial charge in [-0.25, -0.2) is 0 Å². The molecule has 1 heterocycles. The van der Waals surface area contributed by atoms with Crippen LogP contribution in [0.2, 0.25) is 0 Å². The summed E-state index contributed by atoms with van der Waals surface area (Å²) >= 11 is 1.86. The number of methoxy groups -OCH3 is 1. The molecular formula is C11H21N3OS. The summed E-state index contributed by atoms with van der Waals surface area (Å²) in [7, 11) is 3.68. The molecule has 0 spiro atoms. The summed E-state index contributed by atoms with van der Waals surface area (Å²) in [5.41, 5.74) is 1.15. The Kier molecular flexibility index (Phi) is 5.69. The van der Waals surface area contributed by atoms with E-state index < -0.39 is 0 Å². The number of hydrogen-bond donors (Lipinski definition) is 1. The zero-order chi connectivity index (χ0) is 12.0. The molecule has 1 rings (SSSR count). The number of aromatic nitrogens is 2. The monoisotopic (exact) mass is 243 g/mol. The Bertz CT molecular complexity index is 293. The third-order valence-corrected chi connectivity index (χ3v) is 3.30. The summed E-state index contributed by atoms with van der Waals surface area (Å²) in [5.74, 6) is 2.01. The standard InChI is InChI=1S/C11H21N3OS/c1-5-14-11(10(15-3)8-13-14)9(12-2)6-7-16-4/h8-9,12H,5-7H2,1-4H3. The fraction of sp³-hybridized carbons (Fsp3) is 0.727. The van der Waals surface area contributed by atoms with Gasteiger partial charge in [-0.15, -0.1) is 0 Å². The largest absolute Gasteiger partial charge is 0.493 e. The molecule has 1 unspecified atom stereocenters. The molecule has 1 aromatic rings. The van der Waals surface area contributed by atoms with Gasteiger partial charge in [-0.05, 0) is 32.4 Å². The quantitative estimate of drug-likeness (QED) is 0.794. The predicted molar refractivity (Wildman–Crippen MR) is 69.3 cm³/mol. The Morgan fingerprint density at radius 2 is 2.38 bits per heavy atom. The molecule has 0 saturated carbocycles.